The van der Waals surface area contributed by atoms with Gasteiger partial charge in [-0.3, -0.25) is 0 Å². The van der Waals surface area contributed by atoms with E-state index in [0.29, 0.717) is 28.1 Å². The van der Waals surface area contributed by atoms with Crippen molar-refractivity contribution in [2.75, 3.05) is 5.73 Å². The Morgan fingerprint density at radius 2 is 1.93 bits per heavy atom. The van der Waals surface area contributed by atoms with Crippen molar-refractivity contribution in [2.45, 2.75) is 13.3 Å². The molecule has 0 aliphatic carbocycles. The summed E-state index contributed by atoms with van der Waals surface area (Å²) in [5, 5.41) is 0.742. The van der Waals surface area contributed by atoms with Gasteiger partial charge in [0.15, 0.2) is 0 Å². The molecule has 7 heteroatoms. The smallest absolute Gasteiger partial charge is 0.340 e. The van der Waals surface area contributed by atoms with Crippen LogP contribution in [0.25, 0.3) is 11.0 Å². The van der Waals surface area contributed by atoms with Gasteiger partial charge in [0, 0.05) is 41.5 Å². The third-order valence-electron chi connectivity index (χ3n) is 4.45. The number of fused-ring (bicyclic) bond motifs is 1. The minimum Gasteiger partial charge on any atom is -0.424 e. The van der Waals surface area contributed by atoms with E-state index < -0.39 is 11.4 Å². The van der Waals surface area contributed by atoms with Crippen LogP contribution in [0.15, 0.2) is 64.1 Å². The van der Waals surface area contributed by atoms with Gasteiger partial charge in [0.05, 0.1) is 0 Å². The maximum atomic E-state index is 14.1. The number of rotatable bonds is 4. The zero-order valence-corrected chi connectivity index (χ0v) is 15.0. The number of halogens is 1. The molecule has 4 rings (SSSR count). The van der Waals surface area contributed by atoms with E-state index in [2.05, 4.69) is 9.97 Å². The number of nitrogen functional groups attached to an aromatic ring is 1. The summed E-state index contributed by atoms with van der Waals surface area (Å²) >= 11 is 0. The quantitative estimate of drug-likeness (QED) is 0.427. The predicted octanol–water partition coefficient (Wildman–Crippen LogP) is 4.00. The molecule has 28 heavy (non-hydrogen) atoms. The molecule has 0 radical (unpaired) electrons. The van der Waals surface area contributed by atoms with E-state index in [0.717, 1.165) is 10.9 Å². The molecule has 0 aliphatic heterocycles. The first-order valence-electron chi connectivity index (χ1n) is 8.56. The Morgan fingerprint density at radius 3 is 2.68 bits per heavy atom. The average molecular weight is 377 g/mol. The highest BCUT2D eigenvalue weighted by Gasteiger charge is 2.15. The van der Waals surface area contributed by atoms with Gasteiger partial charge in [-0.1, -0.05) is 6.07 Å². The molecule has 2 heterocycles. The summed E-state index contributed by atoms with van der Waals surface area (Å²) in [6, 6.07) is 11.4. The zero-order chi connectivity index (χ0) is 19.7. The molecule has 2 aromatic carbocycles. The molecule has 6 nitrogen and oxygen atoms in total. The number of anilines is 1. The normalized spacial score (nSPS) is 10.9. The molecule has 140 valence electrons. The SMILES string of the molecule is Cc1c(Cc2ccc(N)cc2F)c(=O)oc2cc(Oc3ncccn3)ccc12. The van der Waals surface area contributed by atoms with Gasteiger partial charge in [-0.2, -0.15) is 0 Å². The Hall–Kier alpha value is -3.74. The molecule has 0 unspecified atom stereocenters. The molecule has 2 aromatic heterocycles. The Bertz CT molecular complexity index is 1220. The van der Waals surface area contributed by atoms with Gasteiger partial charge < -0.3 is 14.9 Å². The van der Waals surface area contributed by atoms with Gasteiger partial charge in [-0.05, 0) is 48.4 Å². The van der Waals surface area contributed by atoms with Crippen LogP contribution in [0.4, 0.5) is 10.1 Å². The standard InChI is InChI=1S/C21H16FN3O3/c1-12-16-6-5-15(27-21-24-7-2-8-25-21)11-19(16)28-20(26)17(12)9-13-3-4-14(23)10-18(13)22/h2-8,10-11H,9,23H2,1H3. The lowest BCUT2D eigenvalue weighted by atomic mass is 9.99. The fourth-order valence-corrected chi connectivity index (χ4v) is 2.98. The first-order chi connectivity index (χ1) is 13.5. The monoisotopic (exact) mass is 377 g/mol. The van der Waals surface area contributed by atoms with E-state index in [4.69, 9.17) is 14.9 Å². The van der Waals surface area contributed by atoms with Gasteiger partial charge >= 0.3 is 11.6 Å². The number of ether oxygens (including phenoxy) is 1. The number of hydrogen-bond acceptors (Lipinski definition) is 6. The highest BCUT2D eigenvalue weighted by Crippen LogP contribution is 2.27. The van der Waals surface area contributed by atoms with Crippen molar-refractivity contribution >= 4 is 16.7 Å². The average Bonchev–Trinajstić information content (AvgIpc) is 2.67. The van der Waals surface area contributed by atoms with Crippen molar-refractivity contribution in [3.8, 4) is 11.8 Å². The van der Waals surface area contributed by atoms with Crippen LogP contribution in [0, 0.1) is 12.7 Å². The summed E-state index contributed by atoms with van der Waals surface area (Å²) in [5.41, 5.74) is 7.27. The van der Waals surface area contributed by atoms with E-state index in [-0.39, 0.29) is 12.4 Å². The van der Waals surface area contributed by atoms with Gasteiger partial charge in [-0.15, -0.1) is 0 Å². The molecule has 0 fully saturated rings. The third-order valence-corrected chi connectivity index (χ3v) is 4.45. The maximum absolute atomic E-state index is 14.1. The van der Waals surface area contributed by atoms with Crippen LogP contribution in [-0.4, -0.2) is 9.97 Å². The molecular weight excluding hydrogens is 361 g/mol. The number of benzene rings is 2. The maximum Gasteiger partial charge on any atom is 0.340 e. The molecule has 0 saturated heterocycles. The van der Waals surface area contributed by atoms with Crippen LogP contribution >= 0.6 is 0 Å². The van der Waals surface area contributed by atoms with Crippen LogP contribution < -0.4 is 16.1 Å². The predicted molar refractivity (Wildman–Crippen MR) is 103 cm³/mol. The molecule has 0 bridgehead atoms. The van der Waals surface area contributed by atoms with Crippen molar-refractivity contribution in [3.05, 3.63) is 87.8 Å². The second-order valence-electron chi connectivity index (χ2n) is 6.31. The minimum absolute atomic E-state index is 0.117. The Labute approximate surface area is 159 Å². The van der Waals surface area contributed by atoms with E-state index in [1.54, 1.807) is 48.8 Å². The lowest BCUT2D eigenvalue weighted by Crippen LogP contribution is -2.11. The van der Waals surface area contributed by atoms with Crippen molar-refractivity contribution < 1.29 is 13.5 Å². The van der Waals surface area contributed by atoms with E-state index in [9.17, 15) is 9.18 Å². The summed E-state index contributed by atoms with van der Waals surface area (Å²) in [6.07, 6.45) is 3.25. The summed E-state index contributed by atoms with van der Waals surface area (Å²) in [6.45, 7) is 1.81. The number of hydrogen-bond donors (Lipinski definition) is 1. The number of aromatic nitrogens is 2. The van der Waals surface area contributed by atoms with Crippen molar-refractivity contribution in [1.82, 2.24) is 9.97 Å². The Balaban J connectivity index is 1.72. The van der Waals surface area contributed by atoms with Crippen molar-refractivity contribution in [2.24, 2.45) is 0 Å². The Kier molecular flexibility index (Phi) is 4.49. The topological polar surface area (TPSA) is 91.2 Å². The number of nitrogens with two attached hydrogens (primary N) is 1. The van der Waals surface area contributed by atoms with E-state index in [1.165, 1.54) is 6.07 Å². The second-order valence-corrected chi connectivity index (χ2v) is 6.31. The fourth-order valence-electron chi connectivity index (χ4n) is 2.98. The fraction of sp³-hybridized carbons (Fsp3) is 0.0952. The number of aryl methyl sites for hydroxylation is 1. The van der Waals surface area contributed by atoms with Crippen molar-refractivity contribution in [3.63, 3.8) is 0 Å². The highest BCUT2D eigenvalue weighted by atomic mass is 19.1. The summed E-state index contributed by atoms with van der Waals surface area (Å²) in [7, 11) is 0. The summed E-state index contributed by atoms with van der Waals surface area (Å²) in [4.78, 5) is 20.5. The molecule has 0 atom stereocenters. The van der Waals surface area contributed by atoms with Crippen LogP contribution in [-0.2, 0) is 6.42 Å². The summed E-state index contributed by atoms with van der Waals surface area (Å²) < 4.78 is 25.2. The van der Waals surface area contributed by atoms with E-state index >= 15 is 0 Å². The van der Waals surface area contributed by atoms with E-state index in [1.807, 2.05) is 6.92 Å². The van der Waals surface area contributed by atoms with Crippen LogP contribution in [0.2, 0.25) is 0 Å². The van der Waals surface area contributed by atoms with Crippen LogP contribution in [0.1, 0.15) is 16.7 Å². The minimum atomic E-state index is -0.519. The van der Waals surface area contributed by atoms with Gasteiger partial charge in [0.25, 0.3) is 0 Å². The molecule has 0 amide bonds. The lowest BCUT2D eigenvalue weighted by molar-refractivity contribution is 0.440. The first kappa shape index (κ1) is 17.7. The molecule has 0 spiro atoms. The largest absolute Gasteiger partial charge is 0.424 e. The number of nitrogens with zero attached hydrogens (tertiary/aromatic N) is 2. The summed E-state index contributed by atoms with van der Waals surface area (Å²) in [5.74, 6) is -0.0101. The lowest BCUT2D eigenvalue weighted by Gasteiger charge is -2.10. The van der Waals surface area contributed by atoms with Gasteiger partial charge in [0.2, 0.25) is 0 Å². The van der Waals surface area contributed by atoms with Gasteiger partial charge in [0.1, 0.15) is 17.1 Å². The Morgan fingerprint density at radius 1 is 1.14 bits per heavy atom. The molecule has 4 aromatic rings. The zero-order valence-electron chi connectivity index (χ0n) is 15.0. The first-order valence-corrected chi connectivity index (χ1v) is 8.56. The van der Waals surface area contributed by atoms with Crippen LogP contribution in [0.3, 0.4) is 0 Å². The van der Waals surface area contributed by atoms with Crippen molar-refractivity contribution in [1.29, 1.82) is 0 Å². The third kappa shape index (κ3) is 3.42. The molecule has 0 saturated carbocycles. The molecule has 2 N–H and O–H groups in total. The van der Waals surface area contributed by atoms with Gasteiger partial charge in [-0.25, -0.2) is 19.2 Å². The second kappa shape index (κ2) is 7.11. The van der Waals surface area contributed by atoms with Crippen LogP contribution in [0.5, 0.6) is 11.8 Å². The highest BCUT2D eigenvalue weighted by molar-refractivity contribution is 5.82. The molecular formula is C21H16FN3O3. The molecule has 0 aliphatic rings.